The molecule has 2 aromatic rings. The van der Waals surface area contributed by atoms with Crippen LogP contribution < -0.4 is 5.32 Å². The lowest BCUT2D eigenvalue weighted by atomic mass is 9.99. The van der Waals surface area contributed by atoms with Crippen LogP contribution >= 0.6 is 11.3 Å². The molecule has 1 N–H and O–H groups in total. The maximum atomic E-state index is 4.51. The van der Waals surface area contributed by atoms with Crippen LogP contribution in [0.15, 0.2) is 16.8 Å². The number of rotatable bonds is 7. The van der Waals surface area contributed by atoms with E-state index < -0.39 is 0 Å². The largest absolute Gasteiger partial charge is 0.314 e. The van der Waals surface area contributed by atoms with Gasteiger partial charge in [-0.2, -0.15) is 16.4 Å². The second kappa shape index (κ2) is 7.04. The van der Waals surface area contributed by atoms with Crippen LogP contribution in [0.3, 0.4) is 0 Å². The van der Waals surface area contributed by atoms with Gasteiger partial charge in [0.15, 0.2) is 0 Å². The molecule has 0 aliphatic carbocycles. The Labute approximate surface area is 126 Å². The molecule has 0 saturated carbocycles. The average molecular weight is 291 g/mol. The lowest BCUT2D eigenvalue weighted by Gasteiger charge is -2.17. The summed E-state index contributed by atoms with van der Waals surface area (Å²) in [5, 5.41) is 12.5. The number of nitrogens with zero attached hydrogens (tertiary/aromatic N) is 2. The molecule has 0 aliphatic heterocycles. The van der Waals surface area contributed by atoms with Crippen LogP contribution in [0.25, 0.3) is 0 Å². The van der Waals surface area contributed by atoms with Crippen LogP contribution in [0.4, 0.5) is 0 Å². The fraction of sp³-hybridized carbons (Fsp3) is 0.562. The topological polar surface area (TPSA) is 29.9 Å². The molecule has 1 atom stereocenters. The zero-order valence-corrected chi connectivity index (χ0v) is 13.8. The molecule has 0 aliphatic rings. The molecule has 0 bridgehead atoms. The maximum absolute atomic E-state index is 4.51. The normalized spacial score (nSPS) is 12.8. The van der Waals surface area contributed by atoms with Crippen molar-refractivity contribution in [3.05, 3.63) is 39.3 Å². The van der Waals surface area contributed by atoms with Crippen molar-refractivity contribution in [3.63, 3.8) is 0 Å². The van der Waals surface area contributed by atoms with Gasteiger partial charge in [-0.3, -0.25) is 4.68 Å². The molecule has 0 fully saturated rings. The van der Waals surface area contributed by atoms with Gasteiger partial charge in [0.25, 0.3) is 0 Å². The van der Waals surface area contributed by atoms with Crippen molar-refractivity contribution < 1.29 is 0 Å². The number of likely N-dealkylation sites (N-methyl/N-ethyl adjacent to an activating group) is 1. The predicted octanol–water partition coefficient (Wildman–Crippen LogP) is 3.25. The van der Waals surface area contributed by atoms with Crippen molar-refractivity contribution in [1.82, 2.24) is 15.1 Å². The van der Waals surface area contributed by atoms with E-state index in [-0.39, 0.29) is 0 Å². The molecule has 20 heavy (non-hydrogen) atoms. The van der Waals surface area contributed by atoms with Gasteiger partial charge in [0.1, 0.15) is 0 Å². The predicted molar refractivity (Wildman–Crippen MR) is 86.5 cm³/mol. The monoisotopic (exact) mass is 291 g/mol. The molecule has 110 valence electrons. The summed E-state index contributed by atoms with van der Waals surface area (Å²) in [6.07, 6.45) is 3.39. The van der Waals surface area contributed by atoms with E-state index in [1.807, 2.05) is 11.7 Å². The summed E-state index contributed by atoms with van der Waals surface area (Å²) in [5.41, 5.74) is 5.34. The van der Waals surface area contributed by atoms with Gasteiger partial charge in [0.05, 0.1) is 5.69 Å². The summed E-state index contributed by atoms with van der Waals surface area (Å²) in [5.74, 6) is 0. The number of thiophene rings is 1. The van der Waals surface area contributed by atoms with Gasteiger partial charge in [-0.25, -0.2) is 0 Å². The molecule has 0 spiro atoms. The molecule has 3 nitrogen and oxygen atoms in total. The number of aryl methyl sites for hydroxylation is 2. The first kappa shape index (κ1) is 15.3. The summed E-state index contributed by atoms with van der Waals surface area (Å²) < 4.78 is 1.99. The van der Waals surface area contributed by atoms with Crippen LogP contribution in [0.1, 0.15) is 35.9 Å². The van der Waals surface area contributed by atoms with E-state index in [9.17, 15) is 0 Å². The first-order valence-electron chi connectivity index (χ1n) is 7.35. The first-order valence-corrected chi connectivity index (χ1v) is 8.29. The Kier molecular flexibility index (Phi) is 5.38. The highest BCUT2D eigenvalue weighted by molar-refractivity contribution is 7.07. The Morgan fingerprint density at radius 1 is 1.40 bits per heavy atom. The van der Waals surface area contributed by atoms with Crippen LogP contribution in [0, 0.1) is 13.8 Å². The maximum Gasteiger partial charge on any atom is 0.0628 e. The molecule has 1 unspecified atom stereocenters. The van der Waals surface area contributed by atoms with Crippen molar-refractivity contribution in [2.45, 2.75) is 46.1 Å². The SMILES string of the molecule is CCNC(CCc1c(C)nn(C)c1C)Cc1ccsc1. The van der Waals surface area contributed by atoms with Crippen LogP contribution in [0.2, 0.25) is 0 Å². The van der Waals surface area contributed by atoms with E-state index in [1.165, 1.54) is 22.5 Å². The van der Waals surface area contributed by atoms with Gasteiger partial charge in [-0.15, -0.1) is 0 Å². The summed E-state index contributed by atoms with van der Waals surface area (Å²) in [7, 11) is 2.03. The molecule has 0 aromatic carbocycles. The minimum atomic E-state index is 0.550. The summed E-state index contributed by atoms with van der Waals surface area (Å²) in [6.45, 7) is 7.49. The smallest absolute Gasteiger partial charge is 0.0628 e. The van der Waals surface area contributed by atoms with Gasteiger partial charge < -0.3 is 5.32 Å². The van der Waals surface area contributed by atoms with E-state index in [2.05, 4.69) is 48.0 Å². The van der Waals surface area contributed by atoms with Crippen molar-refractivity contribution in [3.8, 4) is 0 Å². The first-order chi connectivity index (χ1) is 9.61. The Morgan fingerprint density at radius 3 is 2.75 bits per heavy atom. The highest BCUT2D eigenvalue weighted by Gasteiger charge is 2.13. The Balaban J connectivity index is 1.98. The highest BCUT2D eigenvalue weighted by atomic mass is 32.1. The average Bonchev–Trinajstić information content (AvgIpc) is 2.98. The summed E-state index contributed by atoms with van der Waals surface area (Å²) in [4.78, 5) is 0. The standard InChI is InChI=1S/C16H25N3S/c1-5-17-15(10-14-8-9-20-11-14)6-7-16-12(2)18-19(4)13(16)3/h8-9,11,15,17H,5-7,10H2,1-4H3. The molecule has 4 heteroatoms. The lowest BCUT2D eigenvalue weighted by Crippen LogP contribution is -2.31. The van der Waals surface area contributed by atoms with Crippen molar-refractivity contribution in [2.24, 2.45) is 7.05 Å². The number of aromatic nitrogens is 2. The van der Waals surface area contributed by atoms with Crippen molar-refractivity contribution >= 4 is 11.3 Å². The van der Waals surface area contributed by atoms with Crippen molar-refractivity contribution in [2.75, 3.05) is 6.54 Å². The highest BCUT2D eigenvalue weighted by Crippen LogP contribution is 2.17. The lowest BCUT2D eigenvalue weighted by molar-refractivity contribution is 0.490. The number of hydrogen-bond acceptors (Lipinski definition) is 3. The zero-order valence-electron chi connectivity index (χ0n) is 12.9. The summed E-state index contributed by atoms with van der Waals surface area (Å²) >= 11 is 1.78. The molecule has 2 aromatic heterocycles. The summed E-state index contributed by atoms with van der Waals surface area (Å²) in [6, 6.07) is 2.78. The second-order valence-corrected chi connectivity index (χ2v) is 6.18. The van der Waals surface area contributed by atoms with E-state index >= 15 is 0 Å². The van der Waals surface area contributed by atoms with Crippen LogP contribution in [-0.4, -0.2) is 22.4 Å². The third kappa shape index (κ3) is 3.70. The fourth-order valence-electron chi connectivity index (χ4n) is 2.76. The van der Waals surface area contributed by atoms with E-state index in [0.717, 1.165) is 25.8 Å². The van der Waals surface area contributed by atoms with Crippen LogP contribution in [-0.2, 0) is 19.9 Å². The molecule has 0 saturated heterocycles. The van der Waals surface area contributed by atoms with Gasteiger partial charge in [-0.05, 0) is 67.6 Å². The van der Waals surface area contributed by atoms with E-state index in [4.69, 9.17) is 0 Å². The minimum Gasteiger partial charge on any atom is -0.314 e. The molecule has 2 rings (SSSR count). The van der Waals surface area contributed by atoms with E-state index in [0.29, 0.717) is 6.04 Å². The number of nitrogens with one attached hydrogen (secondary N) is 1. The third-order valence-corrected chi connectivity index (χ3v) is 4.69. The van der Waals surface area contributed by atoms with E-state index in [1.54, 1.807) is 11.3 Å². The Hall–Kier alpha value is -1.13. The second-order valence-electron chi connectivity index (χ2n) is 5.40. The fourth-order valence-corrected chi connectivity index (χ4v) is 3.44. The minimum absolute atomic E-state index is 0.550. The molecular weight excluding hydrogens is 266 g/mol. The van der Waals surface area contributed by atoms with Gasteiger partial charge in [0, 0.05) is 18.8 Å². The Bertz CT molecular complexity index is 528. The molecule has 2 heterocycles. The van der Waals surface area contributed by atoms with Gasteiger partial charge in [0.2, 0.25) is 0 Å². The number of hydrogen-bond donors (Lipinski definition) is 1. The van der Waals surface area contributed by atoms with Gasteiger partial charge in [-0.1, -0.05) is 6.92 Å². The molecule has 0 radical (unpaired) electrons. The zero-order chi connectivity index (χ0) is 14.5. The molecule has 0 amide bonds. The van der Waals surface area contributed by atoms with Gasteiger partial charge >= 0.3 is 0 Å². The quantitative estimate of drug-likeness (QED) is 0.848. The van der Waals surface area contributed by atoms with Crippen molar-refractivity contribution in [1.29, 1.82) is 0 Å². The molecular formula is C16H25N3S. The van der Waals surface area contributed by atoms with Crippen LogP contribution in [0.5, 0.6) is 0 Å². The Morgan fingerprint density at radius 2 is 2.20 bits per heavy atom. The third-order valence-electron chi connectivity index (χ3n) is 3.96.